The van der Waals surface area contributed by atoms with Crippen LogP contribution in [-0.2, 0) is 0 Å². The van der Waals surface area contributed by atoms with Crippen molar-refractivity contribution in [3.8, 4) is 0 Å². The number of benzene rings is 1. The molecule has 1 saturated carbocycles. The second kappa shape index (κ2) is 4.90. The summed E-state index contributed by atoms with van der Waals surface area (Å²) in [7, 11) is 0. The van der Waals surface area contributed by atoms with Crippen LogP contribution in [0, 0.1) is 5.92 Å². The van der Waals surface area contributed by atoms with Gasteiger partial charge in [0.1, 0.15) is 0 Å². The van der Waals surface area contributed by atoms with E-state index in [0.717, 1.165) is 19.3 Å². The Hall–Kier alpha value is -1.32. The molecule has 1 aromatic rings. The average molecular weight is 240 g/mol. The Balaban J connectivity index is 2.06. The number of alkyl halides is 2. The SMILES string of the molecule is CCCC1CC1Nc1ccc(N)cc1C(F)F. The summed E-state index contributed by atoms with van der Waals surface area (Å²) in [6.07, 6.45) is 0.911. The van der Waals surface area contributed by atoms with Crippen LogP contribution in [0.4, 0.5) is 20.2 Å². The second-order valence-electron chi connectivity index (χ2n) is 4.68. The third-order valence-corrected chi connectivity index (χ3v) is 3.23. The van der Waals surface area contributed by atoms with Crippen LogP contribution >= 0.6 is 0 Å². The number of nitrogens with one attached hydrogen (secondary N) is 1. The van der Waals surface area contributed by atoms with Crippen LogP contribution in [-0.4, -0.2) is 6.04 Å². The second-order valence-corrected chi connectivity index (χ2v) is 4.68. The number of anilines is 2. The number of hydrogen-bond donors (Lipinski definition) is 2. The molecule has 1 aliphatic carbocycles. The normalized spacial score (nSPS) is 22.8. The van der Waals surface area contributed by atoms with Gasteiger partial charge in [-0.25, -0.2) is 8.78 Å². The van der Waals surface area contributed by atoms with Crippen LogP contribution in [0.25, 0.3) is 0 Å². The Kier molecular flexibility index (Phi) is 3.50. The molecular weight excluding hydrogens is 222 g/mol. The molecule has 0 aliphatic heterocycles. The molecule has 1 aliphatic rings. The fourth-order valence-corrected chi connectivity index (χ4v) is 2.21. The fraction of sp³-hybridized carbons (Fsp3) is 0.538. The standard InChI is InChI=1S/C13H18F2N2/c1-2-3-8-6-12(8)17-11-5-4-9(16)7-10(11)13(14)15/h4-5,7-8,12-13,17H,2-3,6,16H2,1H3. The van der Waals surface area contributed by atoms with Crippen molar-refractivity contribution >= 4 is 11.4 Å². The number of nitrogens with two attached hydrogens (primary N) is 1. The summed E-state index contributed by atoms with van der Waals surface area (Å²) in [4.78, 5) is 0. The van der Waals surface area contributed by atoms with Gasteiger partial charge in [0.15, 0.2) is 0 Å². The van der Waals surface area contributed by atoms with E-state index >= 15 is 0 Å². The van der Waals surface area contributed by atoms with Crippen LogP contribution in [0.3, 0.4) is 0 Å². The molecule has 3 N–H and O–H groups in total. The molecule has 17 heavy (non-hydrogen) atoms. The van der Waals surface area contributed by atoms with Crippen LogP contribution in [0.1, 0.15) is 38.2 Å². The number of nitrogen functional groups attached to an aromatic ring is 1. The van der Waals surface area contributed by atoms with Gasteiger partial charge in [0.2, 0.25) is 0 Å². The summed E-state index contributed by atoms with van der Waals surface area (Å²) in [5.74, 6) is 0.642. The van der Waals surface area contributed by atoms with E-state index in [4.69, 9.17) is 5.73 Å². The summed E-state index contributed by atoms with van der Waals surface area (Å²) in [6, 6.07) is 5.02. The minimum Gasteiger partial charge on any atom is -0.399 e. The lowest BCUT2D eigenvalue weighted by Crippen LogP contribution is -2.07. The quantitative estimate of drug-likeness (QED) is 0.768. The van der Waals surface area contributed by atoms with Gasteiger partial charge in [-0.2, -0.15) is 0 Å². The average Bonchev–Trinajstić information content (AvgIpc) is 2.99. The van der Waals surface area contributed by atoms with E-state index in [1.165, 1.54) is 6.07 Å². The van der Waals surface area contributed by atoms with Gasteiger partial charge in [0, 0.05) is 23.0 Å². The maximum Gasteiger partial charge on any atom is 0.265 e. The summed E-state index contributed by atoms with van der Waals surface area (Å²) in [6.45, 7) is 2.14. The predicted molar refractivity (Wildman–Crippen MR) is 66.2 cm³/mol. The molecule has 2 unspecified atom stereocenters. The smallest absolute Gasteiger partial charge is 0.265 e. The van der Waals surface area contributed by atoms with Crippen LogP contribution < -0.4 is 11.1 Å². The van der Waals surface area contributed by atoms with Gasteiger partial charge in [-0.1, -0.05) is 13.3 Å². The zero-order chi connectivity index (χ0) is 12.4. The van der Waals surface area contributed by atoms with Crippen molar-refractivity contribution in [1.29, 1.82) is 0 Å². The zero-order valence-electron chi connectivity index (χ0n) is 9.92. The van der Waals surface area contributed by atoms with Crippen LogP contribution in [0.15, 0.2) is 18.2 Å². The highest BCUT2D eigenvalue weighted by Gasteiger charge is 2.36. The van der Waals surface area contributed by atoms with Gasteiger partial charge in [-0.3, -0.25) is 0 Å². The molecule has 2 atom stereocenters. The van der Waals surface area contributed by atoms with E-state index in [0.29, 0.717) is 23.3 Å². The van der Waals surface area contributed by atoms with Crippen molar-refractivity contribution in [2.45, 2.75) is 38.7 Å². The van der Waals surface area contributed by atoms with Crippen LogP contribution in [0.5, 0.6) is 0 Å². The number of halogens is 2. The Morgan fingerprint density at radius 1 is 1.47 bits per heavy atom. The highest BCUT2D eigenvalue weighted by atomic mass is 19.3. The number of hydrogen-bond acceptors (Lipinski definition) is 2. The van der Waals surface area contributed by atoms with E-state index in [9.17, 15) is 8.78 Å². The Morgan fingerprint density at radius 2 is 2.24 bits per heavy atom. The zero-order valence-corrected chi connectivity index (χ0v) is 9.92. The monoisotopic (exact) mass is 240 g/mol. The van der Waals surface area contributed by atoms with Gasteiger partial charge in [0.05, 0.1) is 0 Å². The maximum atomic E-state index is 12.8. The molecule has 0 spiro atoms. The lowest BCUT2D eigenvalue weighted by atomic mass is 10.1. The van der Waals surface area contributed by atoms with E-state index < -0.39 is 6.43 Å². The molecule has 1 aromatic carbocycles. The van der Waals surface area contributed by atoms with Gasteiger partial charge in [-0.15, -0.1) is 0 Å². The Labute approximate surface area is 100 Å². The van der Waals surface area contributed by atoms with Crippen molar-refractivity contribution < 1.29 is 8.78 Å². The van der Waals surface area contributed by atoms with E-state index in [1.807, 2.05) is 0 Å². The van der Waals surface area contributed by atoms with Crippen molar-refractivity contribution in [3.63, 3.8) is 0 Å². The molecule has 0 heterocycles. The molecule has 0 saturated heterocycles. The molecule has 94 valence electrons. The third-order valence-electron chi connectivity index (χ3n) is 3.23. The summed E-state index contributed by atoms with van der Waals surface area (Å²) in [5, 5.41) is 3.19. The first kappa shape index (κ1) is 12.1. The molecule has 1 fully saturated rings. The molecule has 4 heteroatoms. The molecule has 0 radical (unpaired) electrons. The lowest BCUT2D eigenvalue weighted by molar-refractivity contribution is 0.152. The first-order valence-electron chi connectivity index (χ1n) is 6.06. The van der Waals surface area contributed by atoms with Gasteiger partial charge >= 0.3 is 0 Å². The first-order chi connectivity index (χ1) is 8.11. The predicted octanol–water partition coefficient (Wildman–Crippen LogP) is 3.81. The highest BCUT2D eigenvalue weighted by Crippen LogP contribution is 2.39. The highest BCUT2D eigenvalue weighted by molar-refractivity contribution is 5.59. The largest absolute Gasteiger partial charge is 0.399 e. The van der Waals surface area contributed by atoms with Crippen LogP contribution in [0.2, 0.25) is 0 Å². The molecule has 0 bridgehead atoms. The first-order valence-corrected chi connectivity index (χ1v) is 6.06. The van der Waals surface area contributed by atoms with Gasteiger partial charge in [0.25, 0.3) is 6.43 Å². The van der Waals surface area contributed by atoms with E-state index in [1.54, 1.807) is 12.1 Å². The van der Waals surface area contributed by atoms with Crippen molar-refractivity contribution in [3.05, 3.63) is 23.8 Å². The van der Waals surface area contributed by atoms with Crippen molar-refractivity contribution in [2.75, 3.05) is 11.1 Å². The Bertz CT molecular complexity index is 393. The molecule has 2 nitrogen and oxygen atoms in total. The fourth-order valence-electron chi connectivity index (χ4n) is 2.21. The molecule has 0 amide bonds. The minimum atomic E-state index is -2.48. The molecule has 2 rings (SSSR count). The molecular formula is C13H18F2N2. The van der Waals surface area contributed by atoms with Gasteiger partial charge < -0.3 is 11.1 Å². The van der Waals surface area contributed by atoms with E-state index in [-0.39, 0.29) is 5.56 Å². The third kappa shape index (κ3) is 2.87. The van der Waals surface area contributed by atoms with E-state index in [2.05, 4.69) is 12.2 Å². The van der Waals surface area contributed by atoms with Gasteiger partial charge in [-0.05, 0) is 37.0 Å². The topological polar surface area (TPSA) is 38.0 Å². The Morgan fingerprint density at radius 3 is 2.88 bits per heavy atom. The lowest BCUT2D eigenvalue weighted by Gasteiger charge is -2.12. The minimum absolute atomic E-state index is 0.00662. The summed E-state index contributed by atoms with van der Waals surface area (Å²) >= 11 is 0. The van der Waals surface area contributed by atoms with Crippen molar-refractivity contribution in [2.24, 2.45) is 5.92 Å². The summed E-state index contributed by atoms with van der Waals surface area (Å²) < 4.78 is 25.7. The number of rotatable bonds is 5. The molecule has 0 aromatic heterocycles. The summed E-state index contributed by atoms with van der Waals surface area (Å²) in [5.41, 5.74) is 6.44. The van der Waals surface area contributed by atoms with Crippen molar-refractivity contribution in [1.82, 2.24) is 0 Å². The maximum absolute atomic E-state index is 12.8.